The summed E-state index contributed by atoms with van der Waals surface area (Å²) in [5, 5.41) is 0.343. The minimum atomic E-state index is -2.63. The minimum absolute atomic E-state index is 0.0439. The van der Waals surface area contributed by atoms with Gasteiger partial charge in [0.2, 0.25) is 0 Å². The van der Waals surface area contributed by atoms with Crippen molar-refractivity contribution in [3.8, 4) is 0 Å². The Morgan fingerprint density at radius 1 is 1.33 bits per heavy atom. The number of hydrogen-bond acceptors (Lipinski definition) is 3. The zero-order chi connectivity index (χ0) is 12.8. The number of rotatable bonds is 2. The highest BCUT2D eigenvalue weighted by molar-refractivity contribution is 6.29. The van der Waals surface area contributed by atoms with Gasteiger partial charge in [0.1, 0.15) is 16.8 Å². The number of piperidine rings is 1. The van der Waals surface area contributed by atoms with Crippen molar-refractivity contribution in [1.82, 2.24) is 9.97 Å². The molecule has 2 heterocycles. The molecule has 1 saturated heterocycles. The van der Waals surface area contributed by atoms with Crippen LogP contribution < -0.4 is 4.90 Å². The van der Waals surface area contributed by atoms with E-state index in [0.717, 1.165) is 12.8 Å². The van der Waals surface area contributed by atoms with E-state index in [4.69, 9.17) is 11.6 Å². The molecule has 3 rings (SSSR count). The van der Waals surface area contributed by atoms with Gasteiger partial charge in [0.15, 0.2) is 0 Å². The van der Waals surface area contributed by atoms with E-state index >= 15 is 0 Å². The quantitative estimate of drug-likeness (QED) is 0.775. The number of alkyl halides is 2. The topological polar surface area (TPSA) is 29.0 Å². The summed E-state index contributed by atoms with van der Waals surface area (Å²) < 4.78 is 26.8. The molecule has 98 valence electrons. The molecule has 2 aliphatic rings. The largest absolute Gasteiger partial charge is 0.350 e. The van der Waals surface area contributed by atoms with E-state index in [0.29, 0.717) is 35.7 Å². The fourth-order valence-corrected chi connectivity index (χ4v) is 2.45. The maximum atomic E-state index is 13.4. The second-order valence-electron chi connectivity index (χ2n) is 5.06. The highest BCUT2D eigenvalue weighted by atomic mass is 35.5. The third-order valence-electron chi connectivity index (χ3n) is 3.36. The van der Waals surface area contributed by atoms with E-state index in [1.54, 1.807) is 11.0 Å². The first-order valence-electron chi connectivity index (χ1n) is 6.21. The van der Waals surface area contributed by atoms with Crippen LogP contribution >= 0.6 is 11.6 Å². The van der Waals surface area contributed by atoms with Crippen molar-refractivity contribution in [2.45, 2.75) is 37.5 Å². The fraction of sp³-hybridized carbons (Fsp3) is 0.667. The Bertz CT molecular complexity index is 463. The fourth-order valence-electron chi connectivity index (χ4n) is 2.27. The molecule has 0 atom stereocenters. The SMILES string of the molecule is FC1(F)CCCN(c2cc(Cl)nc(C3CC3)n2)C1. The average Bonchev–Trinajstić information content (AvgIpc) is 3.10. The zero-order valence-electron chi connectivity index (χ0n) is 9.87. The summed E-state index contributed by atoms with van der Waals surface area (Å²) >= 11 is 5.95. The molecule has 6 heteroatoms. The zero-order valence-corrected chi connectivity index (χ0v) is 10.6. The molecule has 0 bridgehead atoms. The molecule has 2 fully saturated rings. The number of halogens is 3. The predicted octanol–water partition coefficient (Wildman–Crippen LogP) is 3.24. The van der Waals surface area contributed by atoms with E-state index < -0.39 is 5.92 Å². The lowest BCUT2D eigenvalue weighted by molar-refractivity contribution is -0.0118. The summed E-state index contributed by atoms with van der Waals surface area (Å²) in [4.78, 5) is 10.2. The van der Waals surface area contributed by atoms with Crippen LogP contribution in [0.1, 0.15) is 37.4 Å². The lowest BCUT2D eigenvalue weighted by atomic mass is 10.1. The van der Waals surface area contributed by atoms with E-state index in [2.05, 4.69) is 9.97 Å². The Morgan fingerprint density at radius 3 is 2.78 bits per heavy atom. The van der Waals surface area contributed by atoms with E-state index in [1.807, 2.05) is 0 Å². The first kappa shape index (κ1) is 12.1. The van der Waals surface area contributed by atoms with Gasteiger partial charge < -0.3 is 4.90 Å². The molecule has 1 saturated carbocycles. The normalized spacial score (nSPS) is 23.2. The molecule has 0 amide bonds. The number of anilines is 1. The van der Waals surface area contributed by atoms with Gasteiger partial charge >= 0.3 is 0 Å². The molecular weight excluding hydrogens is 260 g/mol. The molecule has 3 nitrogen and oxygen atoms in total. The molecule has 0 spiro atoms. The lowest BCUT2D eigenvalue weighted by Crippen LogP contribution is -2.43. The van der Waals surface area contributed by atoms with Gasteiger partial charge in [-0.1, -0.05) is 11.6 Å². The molecule has 18 heavy (non-hydrogen) atoms. The second-order valence-corrected chi connectivity index (χ2v) is 5.45. The Kier molecular flexibility index (Phi) is 2.88. The van der Waals surface area contributed by atoms with Gasteiger partial charge in [0.25, 0.3) is 5.92 Å². The summed E-state index contributed by atoms with van der Waals surface area (Å²) in [5.74, 6) is -1.02. The first-order chi connectivity index (χ1) is 8.53. The van der Waals surface area contributed by atoms with Crippen molar-refractivity contribution in [1.29, 1.82) is 0 Å². The molecule has 0 radical (unpaired) electrons. The van der Waals surface area contributed by atoms with Gasteiger partial charge in [-0.2, -0.15) is 0 Å². The van der Waals surface area contributed by atoms with Gasteiger partial charge in [0.05, 0.1) is 6.54 Å². The van der Waals surface area contributed by atoms with Crippen LogP contribution in [0.15, 0.2) is 6.07 Å². The van der Waals surface area contributed by atoms with E-state index in [9.17, 15) is 8.78 Å². The molecule has 1 aliphatic carbocycles. The van der Waals surface area contributed by atoms with Crippen molar-refractivity contribution < 1.29 is 8.78 Å². The smallest absolute Gasteiger partial charge is 0.265 e. The molecule has 0 N–H and O–H groups in total. The van der Waals surface area contributed by atoms with Crippen LogP contribution in [0, 0.1) is 0 Å². The van der Waals surface area contributed by atoms with Gasteiger partial charge in [-0.15, -0.1) is 0 Å². The van der Waals surface area contributed by atoms with Crippen molar-refractivity contribution in [2.75, 3.05) is 18.0 Å². The highest BCUT2D eigenvalue weighted by Gasteiger charge is 2.36. The van der Waals surface area contributed by atoms with Gasteiger partial charge in [0, 0.05) is 24.9 Å². The monoisotopic (exact) mass is 273 g/mol. The van der Waals surface area contributed by atoms with E-state index in [-0.39, 0.29) is 13.0 Å². The summed E-state index contributed by atoms with van der Waals surface area (Å²) in [6, 6.07) is 1.58. The van der Waals surface area contributed by atoms with Gasteiger partial charge in [-0.25, -0.2) is 18.7 Å². The van der Waals surface area contributed by atoms with Crippen molar-refractivity contribution in [2.24, 2.45) is 0 Å². The molecule has 1 aromatic heterocycles. The summed E-state index contributed by atoms with van der Waals surface area (Å²) in [6.45, 7) is 0.331. The van der Waals surface area contributed by atoms with Crippen LogP contribution in [0.5, 0.6) is 0 Å². The molecule has 0 aromatic carbocycles. The number of nitrogens with zero attached hydrogens (tertiary/aromatic N) is 3. The predicted molar refractivity (Wildman–Crippen MR) is 65.4 cm³/mol. The van der Waals surface area contributed by atoms with Crippen molar-refractivity contribution in [3.05, 3.63) is 17.0 Å². The van der Waals surface area contributed by atoms with Crippen LogP contribution in [-0.2, 0) is 0 Å². The Labute approximate surface area is 109 Å². The highest BCUT2D eigenvalue weighted by Crippen LogP contribution is 2.39. The Balaban J connectivity index is 1.86. The molecule has 0 unspecified atom stereocenters. The van der Waals surface area contributed by atoms with Crippen molar-refractivity contribution in [3.63, 3.8) is 0 Å². The maximum Gasteiger partial charge on any atom is 0.265 e. The van der Waals surface area contributed by atoms with Crippen molar-refractivity contribution >= 4 is 17.4 Å². The summed E-state index contributed by atoms with van der Waals surface area (Å²) in [5.41, 5.74) is 0. The summed E-state index contributed by atoms with van der Waals surface area (Å²) in [6.07, 6.45) is 2.57. The molecule has 1 aromatic rings. The van der Waals surface area contributed by atoms with Crippen LogP contribution in [0.2, 0.25) is 5.15 Å². The van der Waals surface area contributed by atoms with Gasteiger partial charge in [-0.3, -0.25) is 0 Å². The summed E-state index contributed by atoms with van der Waals surface area (Å²) in [7, 11) is 0. The Morgan fingerprint density at radius 2 is 2.11 bits per heavy atom. The molecular formula is C12H14ClF2N3. The maximum absolute atomic E-state index is 13.4. The Hall–Kier alpha value is -0.970. The third kappa shape index (κ3) is 2.55. The molecule has 1 aliphatic heterocycles. The second kappa shape index (κ2) is 4.30. The number of hydrogen-bond donors (Lipinski definition) is 0. The lowest BCUT2D eigenvalue weighted by Gasteiger charge is -2.33. The minimum Gasteiger partial charge on any atom is -0.350 e. The average molecular weight is 274 g/mol. The van der Waals surface area contributed by atoms with Crippen LogP contribution in [0.4, 0.5) is 14.6 Å². The van der Waals surface area contributed by atoms with Crippen LogP contribution in [0.3, 0.4) is 0 Å². The van der Waals surface area contributed by atoms with Crippen LogP contribution in [0.25, 0.3) is 0 Å². The van der Waals surface area contributed by atoms with E-state index in [1.165, 1.54) is 0 Å². The van der Waals surface area contributed by atoms with Crippen LogP contribution in [-0.4, -0.2) is 29.0 Å². The number of aromatic nitrogens is 2. The van der Waals surface area contributed by atoms with Gasteiger partial charge in [-0.05, 0) is 19.3 Å². The first-order valence-corrected chi connectivity index (χ1v) is 6.59. The standard InChI is InChI=1S/C12H14ClF2N3/c13-9-6-10(17-11(16-9)8-2-3-8)18-5-1-4-12(14,15)7-18/h6,8H,1-5,7H2. The third-order valence-corrected chi connectivity index (χ3v) is 3.55.